The molecule has 1 amide bonds. The molecule has 5 nitrogen and oxygen atoms in total. The Bertz CT molecular complexity index is 306. The Morgan fingerprint density at radius 2 is 2.00 bits per heavy atom. The van der Waals surface area contributed by atoms with Crippen molar-refractivity contribution in [2.45, 2.75) is 51.1 Å². The van der Waals surface area contributed by atoms with Gasteiger partial charge in [0.2, 0.25) is 5.91 Å². The summed E-state index contributed by atoms with van der Waals surface area (Å²) in [7, 11) is 0. The molecule has 96 valence electrons. The summed E-state index contributed by atoms with van der Waals surface area (Å²) in [6, 6.07) is 0.121. The van der Waals surface area contributed by atoms with E-state index in [1.807, 2.05) is 11.8 Å². The summed E-state index contributed by atoms with van der Waals surface area (Å²) in [5.41, 5.74) is 5.75. The van der Waals surface area contributed by atoms with E-state index in [0.717, 1.165) is 38.8 Å². The van der Waals surface area contributed by atoms with Crippen LogP contribution in [0.25, 0.3) is 0 Å². The molecule has 5 heteroatoms. The topological polar surface area (TPSA) is 70.7 Å². The first-order valence-corrected chi connectivity index (χ1v) is 6.55. The van der Waals surface area contributed by atoms with Gasteiger partial charge in [-0.2, -0.15) is 0 Å². The van der Waals surface area contributed by atoms with Crippen molar-refractivity contribution in [3.05, 3.63) is 0 Å². The normalized spacial score (nSPS) is 23.4. The number of piperidine rings is 1. The van der Waals surface area contributed by atoms with E-state index in [4.69, 9.17) is 5.73 Å². The molecule has 1 saturated heterocycles. The lowest BCUT2D eigenvalue weighted by Crippen LogP contribution is -2.50. The minimum atomic E-state index is -0.268. The summed E-state index contributed by atoms with van der Waals surface area (Å²) in [5.74, 6) is 0.545. The summed E-state index contributed by atoms with van der Waals surface area (Å²) >= 11 is 0. The molecule has 1 aliphatic carbocycles. The van der Waals surface area contributed by atoms with Gasteiger partial charge in [-0.25, -0.2) is 0 Å². The number of carbonyl (C=O) groups is 1. The number of guanidine groups is 1. The number of hydrogen-bond donors (Lipinski definition) is 2. The second kappa shape index (κ2) is 5.38. The summed E-state index contributed by atoms with van der Waals surface area (Å²) < 4.78 is 0. The molecule has 1 aliphatic heterocycles. The lowest BCUT2D eigenvalue weighted by molar-refractivity contribution is -0.133. The highest BCUT2D eigenvalue weighted by atomic mass is 16.2. The number of nitrogens with two attached hydrogens (primary N) is 1. The molecule has 1 heterocycles. The number of aliphatic imine (C=N–C) groups is 1. The first-order valence-electron chi connectivity index (χ1n) is 6.55. The molecule has 0 aromatic rings. The number of rotatable bonds is 3. The van der Waals surface area contributed by atoms with Crippen LogP contribution in [0.1, 0.15) is 39.0 Å². The maximum Gasteiger partial charge on any atom is 0.244 e. The van der Waals surface area contributed by atoms with E-state index in [1.54, 1.807) is 0 Å². The maximum atomic E-state index is 12.1. The summed E-state index contributed by atoms with van der Waals surface area (Å²) in [6.07, 6.45) is 5.71. The van der Waals surface area contributed by atoms with Gasteiger partial charge in [0, 0.05) is 13.1 Å². The third kappa shape index (κ3) is 3.61. The van der Waals surface area contributed by atoms with Crippen LogP contribution in [0, 0.1) is 0 Å². The summed E-state index contributed by atoms with van der Waals surface area (Å²) in [4.78, 5) is 18.3. The molecular formula is C12H22N4O. The SMILES string of the molecule is CC(NC(N)=NC1CC1)C(=O)N1CCCCC1. The monoisotopic (exact) mass is 238 g/mol. The van der Waals surface area contributed by atoms with Crippen molar-refractivity contribution >= 4 is 11.9 Å². The quantitative estimate of drug-likeness (QED) is 0.554. The molecule has 17 heavy (non-hydrogen) atoms. The standard InChI is InChI=1S/C12H22N4O/c1-9(14-12(13)15-10-5-6-10)11(17)16-7-3-2-4-8-16/h9-10H,2-8H2,1H3,(H3,13,14,15). The number of amides is 1. The van der Waals surface area contributed by atoms with Gasteiger partial charge in [-0.05, 0) is 39.0 Å². The minimum Gasteiger partial charge on any atom is -0.370 e. The largest absolute Gasteiger partial charge is 0.370 e. The summed E-state index contributed by atoms with van der Waals surface area (Å²) in [5, 5.41) is 2.98. The molecule has 0 bridgehead atoms. The van der Waals surface area contributed by atoms with Crippen LogP contribution in [0.2, 0.25) is 0 Å². The number of likely N-dealkylation sites (tertiary alicyclic amines) is 1. The van der Waals surface area contributed by atoms with E-state index in [-0.39, 0.29) is 11.9 Å². The second-order valence-corrected chi connectivity index (χ2v) is 5.00. The van der Waals surface area contributed by atoms with Gasteiger partial charge < -0.3 is 16.0 Å². The van der Waals surface area contributed by atoms with Crippen LogP contribution in [0.15, 0.2) is 4.99 Å². The van der Waals surface area contributed by atoms with Crippen molar-refractivity contribution in [2.24, 2.45) is 10.7 Å². The van der Waals surface area contributed by atoms with Crippen LogP contribution in [-0.2, 0) is 4.79 Å². The van der Waals surface area contributed by atoms with Crippen LogP contribution < -0.4 is 11.1 Å². The molecule has 2 fully saturated rings. The van der Waals surface area contributed by atoms with Crippen molar-refractivity contribution in [2.75, 3.05) is 13.1 Å². The molecule has 0 aromatic carbocycles. The Morgan fingerprint density at radius 3 is 2.59 bits per heavy atom. The second-order valence-electron chi connectivity index (χ2n) is 5.00. The highest BCUT2D eigenvalue weighted by Gasteiger charge is 2.24. The van der Waals surface area contributed by atoms with Gasteiger partial charge in [0.25, 0.3) is 0 Å². The number of nitrogens with one attached hydrogen (secondary N) is 1. The Hall–Kier alpha value is -1.26. The Balaban J connectivity index is 1.81. The van der Waals surface area contributed by atoms with Crippen molar-refractivity contribution in [1.29, 1.82) is 0 Å². The van der Waals surface area contributed by atoms with Crippen molar-refractivity contribution in [1.82, 2.24) is 10.2 Å². The predicted octanol–water partition coefficient (Wildman–Crippen LogP) is 0.454. The fourth-order valence-corrected chi connectivity index (χ4v) is 2.11. The third-order valence-corrected chi connectivity index (χ3v) is 3.27. The molecule has 1 atom stereocenters. The van der Waals surface area contributed by atoms with Gasteiger partial charge >= 0.3 is 0 Å². The lowest BCUT2D eigenvalue weighted by atomic mass is 10.1. The van der Waals surface area contributed by atoms with Crippen LogP contribution >= 0.6 is 0 Å². The zero-order valence-electron chi connectivity index (χ0n) is 10.5. The molecule has 0 aromatic heterocycles. The highest BCUT2D eigenvalue weighted by Crippen LogP contribution is 2.22. The van der Waals surface area contributed by atoms with Crippen molar-refractivity contribution in [3.63, 3.8) is 0 Å². The van der Waals surface area contributed by atoms with Gasteiger partial charge in [-0.3, -0.25) is 9.79 Å². The van der Waals surface area contributed by atoms with Gasteiger partial charge in [-0.1, -0.05) is 0 Å². The molecular weight excluding hydrogens is 216 g/mol. The van der Waals surface area contributed by atoms with E-state index in [9.17, 15) is 4.79 Å². The predicted molar refractivity (Wildman–Crippen MR) is 67.7 cm³/mol. The minimum absolute atomic E-state index is 0.138. The maximum absolute atomic E-state index is 12.1. The molecule has 3 N–H and O–H groups in total. The first kappa shape index (κ1) is 12.2. The van der Waals surface area contributed by atoms with Gasteiger partial charge in [-0.15, -0.1) is 0 Å². The van der Waals surface area contributed by atoms with Crippen LogP contribution in [-0.4, -0.2) is 41.9 Å². The summed E-state index contributed by atoms with van der Waals surface area (Å²) in [6.45, 7) is 3.61. The third-order valence-electron chi connectivity index (χ3n) is 3.27. The average molecular weight is 238 g/mol. The van der Waals surface area contributed by atoms with Gasteiger partial charge in [0.1, 0.15) is 6.04 Å². The zero-order valence-corrected chi connectivity index (χ0v) is 10.5. The fourth-order valence-electron chi connectivity index (χ4n) is 2.11. The Labute approximate surface area is 102 Å². The van der Waals surface area contributed by atoms with E-state index in [2.05, 4.69) is 10.3 Å². The van der Waals surface area contributed by atoms with Gasteiger partial charge in [0.05, 0.1) is 6.04 Å². The smallest absolute Gasteiger partial charge is 0.244 e. The van der Waals surface area contributed by atoms with Crippen LogP contribution in [0.4, 0.5) is 0 Å². The van der Waals surface area contributed by atoms with E-state index in [1.165, 1.54) is 6.42 Å². The van der Waals surface area contributed by atoms with Crippen molar-refractivity contribution < 1.29 is 4.79 Å². The lowest BCUT2D eigenvalue weighted by Gasteiger charge is -2.29. The molecule has 2 rings (SSSR count). The molecule has 0 radical (unpaired) electrons. The van der Waals surface area contributed by atoms with Crippen LogP contribution in [0.3, 0.4) is 0 Å². The number of hydrogen-bond acceptors (Lipinski definition) is 2. The molecule has 0 spiro atoms. The Kier molecular flexibility index (Phi) is 3.86. The van der Waals surface area contributed by atoms with E-state index >= 15 is 0 Å². The highest BCUT2D eigenvalue weighted by molar-refractivity contribution is 5.88. The number of carbonyl (C=O) groups excluding carboxylic acids is 1. The zero-order chi connectivity index (χ0) is 12.3. The number of nitrogens with zero attached hydrogens (tertiary/aromatic N) is 2. The van der Waals surface area contributed by atoms with Crippen LogP contribution in [0.5, 0.6) is 0 Å². The molecule has 1 saturated carbocycles. The molecule has 1 unspecified atom stereocenters. The van der Waals surface area contributed by atoms with Crippen molar-refractivity contribution in [3.8, 4) is 0 Å². The first-order chi connectivity index (χ1) is 8.16. The van der Waals surface area contributed by atoms with Gasteiger partial charge in [0.15, 0.2) is 5.96 Å². The average Bonchev–Trinajstić information content (AvgIpc) is 3.12. The van der Waals surface area contributed by atoms with E-state index < -0.39 is 0 Å². The van der Waals surface area contributed by atoms with E-state index in [0.29, 0.717) is 12.0 Å². The molecule has 2 aliphatic rings. The fraction of sp³-hybridized carbons (Fsp3) is 0.833. The Morgan fingerprint density at radius 1 is 1.35 bits per heavy atom.